The minimum absolute atomic E-state index is 0.389. The van der Waals surface area contributed by atoms with E-state index in [9.17, 15) is 9.90 Å². The fourth-order valence-electron chi connectivity index (χ4n) is 3.19. The van der Waals surface area contributed by atoms with Crippen LogP contribution in [0.2, 0.25) is 0 Å². The average molecular weight is 278 g/mol. The molecule has 3 rings (SSSR count). The van der Waals surface area contributed by atoms with Gasteiger partial charge in [-0.1, -0.05) is 30.8 Å². The van der Waals surface area contributed by atoms with Crippen molar-refractivity contribution in [2.24, 2.45) is 11.3 Å². The molecule has 0 aliphatic heterocycles. The van der Waals surface area contributed by atoms with Gasteiger partial charge in [0.1, 0.15) is 0 Å². The number of aromatic nitrogens is 2. The Morgan fingerprint density at radius 3 is 2.55 bits per heavy atom. The van der Waals surface area contributed by atoms with Crippen LogP contribution in [0.3, 0.4) is 0 Å². The van der Waals surface area contributed by atoms with E-state index in [-0.39, 0.29) is 0 Å². The van der Waals surface area contributed by atoms with Gasteiger partial charge in [-0.25, -0.2) is 0 Å². The lowest BCUT2D eigenvalue weighted by molar-refractivity contribution is -0.150. The lowest BCUT2D eigenvalue weighted by Gasteiger charge is -2.26. The van der Waals surface area contributed by atoms with Crippen LogP contribution in [0.4, 0.5) is 0 Å². The van der Waals surface area contributed by atoms with E-state index in [1.165, 1.54) is 12.8 Å². The summed E-state index contributed by atoms with van der Waals surface area (Å²) in [6.07, 6.45) is 9.45. The Bertz CT molecular complexity index is 471. The molecule has 1 N–H and O–H groups in total. The minimum atomic E-state index is -0.707. The minimum Gasteiger partial charge on any atom is -0.481 e. The average Bonchev–Trinajstić information content (AvgIpc) is 3.16. The van der Waals surface area contributed by atoms with Crippen molar-refractivity contribution < 1.29 is 14.4 Å². The van der Waals surface area contributed by atoms with E-state index in [2.05, 4.69) is 10.1 Å². The van der Waals surface area contributed by atoms with Gasteiger partial charge in [-0.3, -0.25) is 4.79 Å². The zero-order valence-electron chi connectivity index (χ0n) is 11.8. The van der Waals surface area contributed by atoms with Gasteiger partial charge in [-0.05, 0) is 31.6 Å². The van der Waals surface area contributed by atoms with Gasteiger partial charge in [0.25, 0.3) is 0 Å². The Hall–Kier alpha value is -1.39. The summed E-state index contributed by atoms with van der Waals surface area (Å²) >= 11 is 0. The number of hydrogen-bond donors (Lipinski definition) is 1. The Balaban J connectivity index is 1.71. The molecule has 1 heterocycles. The van der Waals surface area contributed by atoms with Crippen LogP contribution in [-0.2, 0) is 17.6 Å². The van der Waals surface area contributed by atoms with Crippen molar-refractivity contribution in [3.8, 4) is 0 Å². The summed E-state index contributed by atoms with van der Waals surface area (Å²) in [6.45, 7) is 0. The van der Waals surface area contributed by atoms with Gasteiger partial charge in [-0.2, -0.15) is 4.98 Å². The number of aliphatic carboxylic acids is 1. The van der Waals surface area contributed by atoms with E-state index in [1.807, 2.05) is 0 Å². The highest BCUT2D eigenvalue weighted by Crippen LogP contribution is 2.38. The highest BCUT2D eigenvalue weighted by molar-refractivity contribution is 5.74. The van der Waals surface area contributed by atoms with Gasteiger partial charge in [0.15, 0.2) is 5.82 Å². The summed E-state index contributed by atoms with van der Waals surface area (Å²) in [5.41, 5.74) is -0.695. The van der Waals surface area contributed by atoms with E-state index in [0.29, 0.717) is 18.2 Å². The van der Waals surface area contributed by atoms with Crippen molar-refractivity contribution in [3.63, 3.8) is 0 Å². The normalized spacial score (nSPS) is 22.4. The van der Waals surface area contributed by atoms with Crippen molar-refractivity contribution in [1.29, 1.82) is 0 Å². The molecule has 0 radical (unpaired) electrons. The maximum atomic E-state index is 11.7. The smallest absolute Gasteiger partial charge is 0.310 e. The second kappa shape index (κ2) is 5.54. The van der Waals surface area contributed by atoms with Gasteiger partial charge in [-0.15, -0.1) is 0 Å². The fraction of sp³-hybridized carbons (Fsp3) is 0.800. The summed E-state index contributed by atoms with van der Waals surface area (Å²) in [4.78, 5) is 16.1. The molecule has 0 unspecified atom stereocenters. The molecular formula is C15H22N2O3. The fourth-order valence-corrected chi connectivity index (χ4v) is 3.19. The molecule has 1 aromatic rings. The van der Waals surface area contributed by atoms with Gasteiger partial charge >= 0.3 is 5.97 Å². The molecule has 0 spiro atoms. The summed E-state index contributed by atoms with van der Waals surface area (Å²) < 4.78 is 5.29. The number of hydrogen-bond acceptors (Lipinski definition) is 4. The van der Waals surface area contributed by atoms with Crippen molar-refractivity contribution >= 4 is 5.97 Å². The maximum absolute atomic E-state index is 11.7. The topological polar surface area (TPSA) is 76.2 Å². The predicted octanol–water partition coefficient (Wildman–Crippen LogP) is 2.99. The molecule has 2 saturated carbocycles. The van der Waals surface area contributed by atoms with Crippen LogP contribution in [0, 0.1) is 11.3 Å². The van der Waals surface area contributed by atoms with Crippen molar-refractivity contribution in [3.05, 3.63) is 11.7 Å². The monoisotopic (exact) mass is 278 g/mol. The molecule has 2 aliphatic carbocycles. The summed E-state index contributed by atoms with van der Waals surface area (Å²) in [5.74, 6) is 1.26. The van der Waals surface area contributed by atoms with Gasteiger partial charge in [0, 0.05) is 12.8 Å². The van der Waals surface area contributed by atoms with Crippen molar-refractivity contribution in [2.45, 2.75) is 64.2 Å². The number of nitrogens with zero attached hydrogens (tertiary/aromatic N) is 2. The Morgan fingerprint density at radius 2 is 1.95 bits per heavy atom. The van der Waals surface area contributed by atoms with Crippen LogP contribution in [0.1, 0.15) is 63.1 Å². The molecule has 2 fully saturated rings. The number of carboxylic acid groups (broad SMARTS) is 1. The molecule has 2 aliphatic rings. The third-order valence-electron chi connectivity index (χ3n) is 4.68. The van der Waals surface area contributed by atoms with E-state index < -0.39 is 11.4 Å². The van der Waals surface area contributed by atoms with Crippen molar-refractivity contribution in [1.82, 2.24) is 10.1 Å². The highest BCUT2D eigenvalue weighted by atomic mass is 16.5. The van der Waals surface area contributed by atoms with Crippen LogP contribution in [0.25, 0.3) is 0 Å². The molecule has 0 bridgehead atoms. The zero-order valence-corrected chi connectivity index (χ0v) is 11.8. The first-order chi connectivity index (χ1) is 9.68. The Morgan fingerprint density at radius 1 is 1.25 bits per heavy atom. The van der Waals surface area contributed by atoms with E-state index in [4.69, 9.17) is 4.52 Å². The molecule has 110 valence electrons. The second-order valence-electron chi connectivity index (χ2n) is 6.43. The molecule has 1 aromatic heterocycles. The molecule has 5 nitrogen and oxygen atoms in total. The van der Waals surface area contributed by atoms with Crippen molar-refractivity contribution in [2.75, 3.05) is 0 Å². The Labute approximate surface area is 118 Å². The van der Waals surface area contributed by atoms with Gasteiger partial charge in [0.05, 0.1) is 5.41 Å². The molecule has 0 amide bonds. The predicted molar refractivity (Wildman–Crippen MR) is 72.2 cm³/mol. The third kappa shape index (κ3) is 3.02. The Kier molecular flexibility index (Phi) is 3.76. The lowest BCUT2D eigenvalue weighted by atomic mass is 9.77. The summed E-state index contributed by atoms with van der Waals surface area (Å²) in [5, 5.41) is 13.6. The van der Waals surface area contributed by atoms with Gasteiger partial charge < -0.3 is 9.63 Å². The standard InChI is InChI=1S/C15H22N2O3/c18-14(19)15(7-3-1-2-4-8-15)10-13-16-12(17-20-13)9-11-5-6-11/h11H,1-10H2,(H,18,19). The number of carbonyl (C=O) groups is 1. The first-order valence-corrected chi connectivity index (χ1v) is 7.73. The van der Waals surface area contributed by atoms with E-state index in [1.54, 1.807) is 0 Å². The molecule has 0 saturated heterocycles. The molecule has 0 aromatic carbocycles. The van der Waals surface area contributed by atoms with Crippen LogP contribution in [0.5, 0.6) is 0 Å². The summed E-state index contributed by atoms with van der Waals surface area (Å²) in [7, 11) is 0. The van der Waals surface area contributed by atoms with Crippen LogP contribution >= 0.6 is 0 Å². The van der Waals surface area contributed by atoms with E-state index >= 15 is 0 Å². The number of rotatable bonds is 5. The molecular weight excluding hydrogens is 256 g/mol. The first kappa shape index (κ1) is 13.6. The molecule has 20 heavy (non-hydrogen) atoms. The SMILES string of the molecule is O=C(O)C1(Cc2nc(CC3CC3)no2)CCCCCC1. The van der Waals surface area contributed by atoms with E-state index in [0.717, 1.165) is 50.8 Å². The van der Waals surface area contributed by atoms with Gasteiger partial charge in [0.2, 0.25) is 5.89 Å². The third-order valence-corrected chi connectivity index (χ3v) is 4.68. The van der Waals surface area contributed by atoms with Crippen LogP contribution in [-0.4, -0.2) is 21.2 Å². The highest BCUT2D eigenvalue weighted by Gasteiger charge is 2.40. The quantitative estimate of drug-likeness (QED) is 0.838. The largest absolute Gasteiger partial charge is 0.481 e. The van der Waals surface area contributed by atoms with Crippen LogP contribution in [0.15, 0.2) is 4.52 Å². The molecule has 0 atom stereocenters. The second-order valence-corrected chi connectivity index (χ2v) is 6.43. The lowest BCUT2D eigenvalue weighted by Crippen LogP contribution is -2.33. The number of carboxylic acids is 1. The first-order valence-electron chi connectivity index (χ1n) is 7.73. The van der Waals surface area contributed by atoms with Crippen LogP contribution < -0.4 is 0 Å². The maximum Gasteiger partial charge on any atom is 0.310 e. The molecule has 5 heteroatoms. The summed E-state index contributed by atoms with van der Waals surface area (Å²) in [6, 6.07) is 0. The zero-order chi connectivity index (χ0) is 14.0.